The second-order valence-corrected chi connectivity index (χ2v) is 5.97. The summed E-state index contributed by atoms with van der Waals surface area (Å²) in [7, 11) is 3.46. The van der Waals surface area contributed by atoms with Crippen molar-refractivity contribution in [2.45, 2.75) is 33.0 Å². The van der Waals surface area contributed by atoms with Crippen molar-refractivity contribution in [1.29, 1.82) is 0 Å². The normalized spacial score (nSPS) is 12.3. The van der Waals surface area contributed by atoms with E-state index in [1.165, 1.54) is 12.1 Å². The lowest BCUT2D eigenvalue weighted by Gasteiger charge is -2.21. The van der Waals surface area contributed by atoms with E-state index in [9.17, 15) is 4.39 Å². The second-order valence-electron chi connectivity index (χ2n) is 5.97. The van der Waals surface area contributed by atoms with Gasteiger partial charge < -0.3 is 10.1 Å². The zero-order valence-electron chi connectivity index (χ0n) is 15.3. The first-order valence-electron chi connectivity index (χ1n) is 8.33. The lowest BCUT2D eigenvalue weighted by molar-refractivity contribution is 0.185. The van der Waals surface area contributed by atoms with Crippen LogP contribution in [0.2, 0.25) is 0 Å². The summed E-state index contributed by atoms with van der Waals surface area (Å²) in [4.78, 5) is 0. The minimum absolute atomic E-state index is 0.289. The van der Waals surface area contributed by atoms with Crippen molar-refractivity contribution < 1.29 is 9.13 Å². The molecule has 1 aromatic carbocycles. The van der Waals surface area contributed by atoms with Gasteiger partial charge in [0.1, 0.15) is 11.9 Å². The molecule has 1 unspecified atom stereocenters. The number of benzene rings is 1. The van der Waals surface area contributed by atoms with Crippen molar-refractivity contribution >= 4 is 5.69 Å². The van der Waals surface area contributed by atoms with E-state index in [1.807, 2.05) is 20.9 Å². The van der Waals surface area contributed by atoms with Crippen LogP contribution < -0.4 is 5.32 Å². The molecule has 2 aromatic heterocycles. The maximum Gasteiger partial charge on any atom is 0.178 e. The number of hydrogen-bond donors (Lipinski definition) is 1. The Morgan fingerprint density at radius 2 is 2.15 bits per heavy atom. The number of aryl methyl sites for hydroxylation is 2. The molecule has 0 aliphatic carbocycles. The van der Waals surface area contributed by atoms with Crippen LogP contribution in [0, 0.1) is 12.7 Å². The van der Waals surface area contributed by atoms with Gasteiger partial charge in [0.15, 0.2) is 5.82 Å². The smallest absolute Gasteiger partial charge is 0.178 e. The first kappa shape index (κ1) is 18.0. The lowest BCUT2D eigenvalue weighted by atomic mass is 10.1. The van der Waals surface area contributed by atoms with Crippen LogP contribution in [-0.2, 0) is 24.9 Å². The lowest BCUT2D eigenvalue weighted by Crippen LogP contribution is -2.20. The summed E-state index contributed by atoms with van der Waals surface area (Å²) >= 11 is 0. The molecule has 0 fully saturated rings. The number of hydrogen-bond acceptors (Lipinski definition) is 6. The largest absolute Gasteiger partial charge is 0.380 e. The Labute approximate surface area is 151 Å². The molecule has 3 aromatic rings. The van der Waals surface area contributed by atoms with Gasteiger partial charge >= 0.3 is 0 Å². The molecule has 0 aliphatic rings. The van der Waals surface area contributed by atoms with Crippen molar-refractivity contribution in [1.82, 2.24) is 30.0 Å². The summed E-state index contributed by atoms with van der Waals surface area (Å²) in [6.07, 6.45) is 1.79. The second kappa shape index (κ2) is 7.61. The maximum absolute atomic E-state index is 13.7. The van der Waals surface area contributed by atoms with Crippen LogP contribution in [0.15, 0.2) is 24.4 Å². The summed E-state index contributed by atoms with van der Waals surface area (Å²) in [5, 5.41) is 19.8. The Bertz CT molecular complexity index is 889. The summed E-state index contributed by atoms with van der Waals surface area (Å²) < 4.78 is 22.4. The van der Waals surface area contributed by atoms with Gasteiger partial charge in [0.25, 0.3) is 0 Å². The van der Waals surface area contributed by atoms with Gasteiger partial charge in [-0.1, -0.05) is 0 Å². The van der Waals surface area contributed by atoms with E-state index < -0.39 is 0 Å². The zero-order chi connectivity index (χ0) is 18.7. The number of halogens is 1. The van der Waals surface area contributed by atoms with Crippen LogP contribution in [0.4, 0.5) is 10.1 Å². The number of tetrazole rings is 1. The number of ether oxygens (including phenoxy) is 1. The molecule has 9 heteroatoms. The third-order valence-electron chi connectivity index (χ3n) is 4.37. The van der Waals surface area contributed by atoms with Gasteiger partial charge in [-0.05, 0) is 42.5 Å². The van der Waals surface area contributed by atoms with Crippen molar-refractivity contribution in [3.63, 3.8) is 0 Å². The van der Waals surface area contributed by atoms with Crippen LogP contribution in [0.1, 0.15) is 35.6 Å². The summed E-state index contributed by atoms with van der Waals surface area (Å²) in [5.74, 6) is 0.353. The van der Waals surface area contributed by atoms with Gasteiger partial charge in [-0.2, -0.15) is 5.10 Å². The van der Waals surface area contributed by atoms with Gasteiger partial charge in [-0.3, -0.25) is 4.68 Å². The number of rotatable bonds is 7. The Hall–Kier alpha value is -2.81. The average molecular weight is 359 g/mol. The predicted octanol–water partition coefficient (Wildman–Crippen LogP) is 2.22. The Morgan fingerprint density at radius 1 is 1.35 bits per heavy atom. The summed E-state index contributed by atoms with van der Waals surface area (Å²) in [6.45, 7) is 4.88. The molecule has 1 atom stereocenters. The quantitative estimate of drug-likeness (QED) is 0.696. The highest BCUT2D eigenvalue weighted by Crippen LogP contribution is 2.29. The highest BCUT2D eigenvalue weighted by Gasteiger charge is 2.25. The van der Waals surface area contributed by atoms with Gasteiger partial charge in [-0.25, -0.2) is 9.07 Å². The van der Waals surface area contributed by atoms with Crippen LogP contribution in [0.3, 0.4) is 0 Å². The molecule has 138 valence electrons. The van der Waals surface area contributed by atoms with Gasteiger partial charge in [0, 0.05) is 43.2 Å². The molecule has 0 aliphatic heterocycles. The molecule has 0 spiro atoms. The number of nitrogens with zero attached hydrogens (tertiary/aromatic N) is 6. The van der Waals surface area contributed by atoms with Crippen molar-refractivity contribution in [2.75, 3.05) is 12.4 Å². The summed E-state index contributed by atoms with van der Waals surface area (Å²) in [5.41, 5.74) is 3.41. The summed E-state index contributed by atoms with van der Waals surface area (Å²) in [6, 6.07) is 4.24. The molecular weight excluding hydrogens is 337 g/mol. The number of nitrogens with one attached hydrogen (secondary N) is 1. The van der Waals surface area contributed by atoms with Crippen molar-refractivity contribution in [2.24, 2.45) is 7.05 Å². The SMILES string of the molecule is CCn1nnnc1C(Nc1ccc(F)cc1COC)c1cnn(C)c1C. The Kier molecular flexibility index (Phi) is 5.27. The third-order valence-corrected chi connectivity index (χ3v) is 4.37. The number of aromatic nitrogens is 6. The molecule has 3 rings (SSSR count). The van der Waals surface area contributed by atoms with E-state index in [-0.39, 0.29) is 18.5 Å². The molecule has 1 N–H and O–H groups in total. The first-order valence-corrected chi connectivity index (χ1v) is 8.33. The van der Waals surface area contributed by atoms with E-state index in [0.717, 1.165) is 22.5 Å². The minimum atomic E-state index is -0.334. The number of anilines is 1. The van der Waals surface area contributed by atoms with E-state index in [0.29, 0.717) is 12.4 Å². The van der Waals surface area contributed by atoms with E-state index in [4.69, 9.17) is 4.74 Å². The maximum atomic E-state index is 13.7. The van der Waals surface area contributed by atoms with Crippen LogP contribution in [-0.4, -0.2) is 37.1 Å². The molecule has 8 nitrogen and oxygen atoms in total. The van der Waals surface area contributed by atoms with Gasteiger partial charge in [0.2, 0.25) is 0 Å². The molecule has 0 amide bonds. The van der Waals surface area contributed by atoms with Crippen LogP contribution in [0.25, 0.3) is 0 Å². The van der Waals surface area contributed by atoms with Crippen molar-refractivity contribution in [3.05, 3.63) is 52.9 Å². The van der Waals surface area contributed by atoms with Crippen LogP contribution >= 0.6 is 0 Å². The van der Waals surface area contributed by atoms with Crippen molar-refractivity contribution in [3.8, 4) is 0 Å². The Morgan fingerprint density at radius 3 is 2.81 bits per heavy atom. The van der Waals surface area contributed by atoms with Crippen LogP contribution in [0.5, 0.6) is 0 Å². The average Bonchev–Trinajstić information content (AvgIpc) is 3.22. The highest BCUT2D eigenvalue weighted by atomic mass is 19.1. The fourth-order valence-electron chi connectivity index (χ4n) is 2.86. The van der Waals surface area contributed by atoms with E-state index in [2.05, 4.69) is 25.9 Å². The molecule has 26 heavy (non-hydrogen) atoms. The molecule has 0 saturated carbocycles. The van der Waals surface area contributed by atoms with Gasteiger partial charge in [-0.15, -0.1) is 5.10 Å². The predicted molar refractivity (Wildman–Crippen MR) is 94.0 cm³/mol. The molecule has 0 saturated heterocycles. The molecule has 2 heterocycles. The third kappa shape index (κ3) is 3.43. The fourth-order valence-corrected chi connectivity index (χ4v) is 2.86. The zero-order valence-corrected chi connectivity index (χ0v) is 15.3. The first-order chi connectivity index (χ1) is 12.5. The van der Waals surface area contributed by atoms with Gasteiger partial charge in [0.05, 0.1) is 12.8 Å². The monoisotopic (exact) mass is 359 g/mol. The van der Waals surface area contributed by atoms with E-state index >= 15 is 0 Å². The standard InChI is InChI=1S/C17H22FN7O/c1-5-25-17(21-22-23-25)16(14-9-19-24(3)11(14)2)20-15-7-6-13(18)8-12(15)10-26-4/h6-9,16,20H,5,10H2,1-4H3. The highest BCUT2D eigenvalue weighted by molar-refractivity contribution is 5.54. The molecule has 0 radical (unpaired) electrons. The minimum Gasteiger partial charge on any atom is -0.380 e. The Balaban J connectivity index is 2.06. The number of methoxy groups -OCH3 is 1. The molecular formula is C17H22FN7O. The molecule has 0 bridgehead atoms. The topological polar surface area (TPSA) is 82.7 Å². The fraction of sp³-hybridized carbons (Fsp3) is 0.412. The van der Waals surface area contributed by atoms with E-state index in [1.54, 1.807) is 28.7 Å².